The number of anilines is 1. The molecule has 1 heterocycles. The van der Waals surface area contributed by atoms with Gasteiger partial charge in [-0.25, -0.2) is 0 Å². The zero-order chi connectivity index (χ0) is 15.2. The summed E-state index contributed by atoms with van der Waals surface area (Å²) < 4.78 is 10.9. The van der Waals surface area contributed by atoms with Crippen LogP contribution in [0.4, 0.5) is 5.69 Å². The molecule has 0 spiro atoms. The van der Waals surface area contributed by atoms with Crippen LogP contribution in [0.3, 0.4) is 0 Å². The van der Waals surface area contributed by atoms with Crippen molar-refractivity contribution < 1.29 is 9.47 Å². The number of hydrogen-bond acceptors (Lipinski definition) is 4. The monoisotopic (exact) mass is 292 g/mol. The van der Waals surface area contributed by atoms with Crippen molar-refractivity contribution in [3.8, 4) is 11.5 Å². The van der Waals surface area contributed by atoms with E-state index in [1.54, 1.807) is 14.2 Å². The summed E-state index contributed by atoms with van der Waals surface area (Å²) in [6, 6.07) is 6.63. The first-order valence-electron chi connectivity index (χ1n) is 7.88. The van der Waals surface area contributed by atoms with Crippen molar-refractivity contribution in [2.45, 2.75) is 32.7 Å². The highest BCUT2D eigenvalue weighted by molar-refractivity contribution is 5.61. The van der Waals surface area contributed by atoms with Crippen LogP contribution in [0.5, 0.6) is 11.5 Å². The van der Waals surface area contributed by atoms with E-state index in [9.17, 15) is 0 Å². The summed E-state index contributed by atoms with van der Waals surface area (Å²) in [5.74, 6) is 2.41. The first-order valence-corrected chi connectivity index (χ1v) is 7.88. The van der Waals surface area contributed by atoms with Gasteiger partial charge in [0.25, 0.3) is 0 Å². The van der Waals surface area contributed by atoms with Gasteiger partial charge in [0.05, 0.1) is 19.9 Å². The maximum absolute atomic E-state index is 5.55. The van der Waals surface area contributed by atoms with Gasteiger partial charge in [0.1, 0.15) is 11.5 Å². The maximum Gasteiger partial charge on any atom is 0.142 e. The third-order valence-corrected chi connectivity index (χ3v) is 4.25. The second kappa shape index (κ2) is 7.55. The molecule has 1 saturated heterocycles. The molecule has 0 aliphatic carbocycles. The predicted molar refractivity (Wildman–Crippen MR) is 87.6 cm³/mol. The fourth-order valence-corrected chi connectivity index (χ4v) is 2.92. The molecule has 21 heavy (non-hydrogen) atoms. The smallest absolute Gasteiger partial charge is 0.142 e. The molecule has 1 N–H and O–H groups in total. The quantitative estimate of drug-likeness (QED) is 0.925. The lowest BCUT2D eigenvalue weighted by Gasteiger charge is -2.34. The molecular formula is C17H28N2O2. The number of hydrogen-bond donors (Lipinski definition) is 1. The SMILES string of the molecule is CCC1CCN(c2cc(OC)ccc2OC)CC(C)CN1. The molecule has 1 aromatic rings. The molecule has 0 bridgehead atoms. The Hall–Kier alpha value is -1.42. The first kappa shape index (κ1) is 16.0. The average Bonchev–Trinajstić information content (AvgIpc) is 2.50. The highest BCUT2D eigenvalue weighted by atomic mass is 16.5. The van der Waals surface area contributed by atoms with Crippen LogP contribution in [0.2, 0.25) is 0 Å². The van der Waals surface area contributed by atoms with Crippen molar-refractivity contribution in [3.05, 3.63) is 18.2 Å². The van der Waals surface area contributed by atoms with E-state index < -0.39 is 0 Å². The molecule has 1 fully saturated rings. The van der Waals surface area contributed by atoms with Gasteiger partial charge in [-0.1, -0.05) is 13.8 Å². The normalized spacial score (nSPS) is 23.3. The molecule has 2 rings (SSSR count). The van der Waals surface area contributed by atoms with Gasteiger partial charge < -0.3 is 19.7 Å². The van der Waals surface area contributed by atoms with Gasteiger partial charge >= 0.3 is 0 Å². The van der Waals surface area contributed by atoms with Crippen LogP contribution in [0.15, 0.2) is 18.2 Å². The minimum absolute atomic E-state index is 0.604. The second-order valence-corrected chi connectivity index (χ2v) is 5.89. The fraction of sp³-hybridized carbons (Fsp3) is 0.647. The van der Waals surface area contributed by atoms with Gasteiger partial charge in [0.15, 0.2) is 0 Å². The van der Waals surface area contributed by atoms with E-state index in [1.807, 2.05) is 12.1 Å². The Morgan fingerprint density at radius 2 is 2.10 bits per heavy atom. The molecule has 0 radical (unpaired) electrons. The topological polar surface area (TPSA) is 33.7 Å². The largest absolute Gasteiger partial charge is 0.497 e. The van der Waals surface area contributed by atoms with Gasteiger partial charge in [-0.15, -0.1) is 0 Å². The summed E-state index contributed by atoms with van der Waals surface area (Å²) >= 11 is 0. The molecule has 118 valence electrons. The lowest BCUT2D eigenvalue weighted by molar-refractivity contribution is 0.379. The summed E-state index contributed by atoms with van der Waals surface area (Å²) in [6.07, 6.45) is 2.33. The number of ether oxygens (including phenoxy) is 2. The summed E-state index contributed by atoms with van der Waals surface area (Å²) in [4.78, 5) is 2.44. The predicted octanol–water partition coefficient (Wildman–Crippen LogP) is 2.92. The Labute approximate surface area is 128 Å². The molecule has 1 aromatic carbocycles. The zero-order valence-corrected chi connectivity index (χ0v) is 13.7. The van der Waals surface area contributed by atoms with Gasteiger partial charge in [0.2, 0.25) is 0 Å². The van der Waals surface area contributed by atoms with Gasteiger partial charge in [-0.2, -0.15) is 0 Å². The Morgan fingerprint density at radius 3 is 2.76 bits per heavy atom. The Kier molecular flexibility index (Phi) is 5.74. The van der Waals surface area contributed by atoms with Crippen LogP contribution >= 0.6 is 0 Å². The zero-order valence-electron chi connectivity index (χ0n) is 13.7. The van der Waals surface area contributed by atoms with Crippen molar-refractivity contribution in [1.82, 2.24) is 5.32 Å². The van der Waals surface area contributed by atoms with Crippen LogP contribution < -0.4 is 19.7 Å². The van der Waals surface area contributed by atoms with Crippen molar-refractivity contribution in [1.29, 1.82) is 0 Å². The number of methoxy groups -OCH3 is 2. The highest BCUT2D eigenvalue weighted by Crippen LogP contribution is 2.33. The van der Waals surface area contributed by atoms with Crippen LogP contribution in [0.25, 0.3) is 0 Å². The van der Waals surface area contributed by atoms with Crippen LogP contribution in [-0.2, 0) is 0 Å². The minimum atomic E-state index is 0.604. The molecule has 1 aliphatic heterocycles. The van der Waals surface area contributed by atoms with Crippen molar-refractivity contribution >= 4 is 5.69 Å². The first-order chi connectivity index (χ1) is 10.2. The van der Waals surface area contributed by atoms with E-state index in [-0.39, 0.29) is 0 Å². The Balaban J connectivity index is 2.24. The summed E-state index contributed by atoms with van der Waals surface area (Å²) in [5.41, 5.74) is 1.14. The molecule has 1 aliphatic rings. The minimum Gasteiger partial charge on any atom is -0.497 e. The molecule has 4 nitrogen and oxygen atoms in total. The van der Waals surface area contributed by atoms with E-state index in [1.165, 1.54) is 6.42 Å². The van der Waals surface area contributed by atoms with Gasteiger partial charge in [0, 0.05) is 25.2 Å². The standard InChI is InChI=1S/C17H28N2O2/c1-5-14-8-9-19(12-13(2)11-18-14)16-10-15(20-3)6-7-17(16)21-4/h6-7,10,13-14,18H,5,8-9,11-12H2,1-4H3. The molecule has 2 atom stereocenters. The van der Waals surface area contributed by atoms with E-state index in [2.05, 4.69) is 30.1 Å². The summed E-state index contributed by atoms with van der Waals surface area (Å²) in [5, 5.41) is 3.66. The molecule has 4 heteroatoms. The molecule has 2 unspecified atom stereocenters. The van der Waals surface area contributed by atoms with Crippen LogP contribution in [0.1, 0.15) is 26.7 Å². The highest BCUT2D eigenvalue weighted by Gasteiger charge is 2.20. The lowest BCUT2D eigenvalue weighted by Crippen LogP contribution is -2.43. The number of nitrogens with zero attached hydrogens (tertiary/aromatic N) is 1. The van der Waals surface area contributed by atoms with Gasteiger partial charge in [-0.3, -0.25) is 0 Å². The summed E-state index contributed by atoms with van der Waals surface area (Å²) in [7, 11) is 3.44. The van der Waals surface area contributed by atoms with Crippen LogP contribution in [0, 0.1) is 5.92 Å². The summed E-state index contributed by atoms with van der Waals surface area (Å²) in [6.45, 7) is 7.69. The number of benzene rings is 1. The van der Waals surface area contributed by atoms with Gasteiger partial charge in [-0.05, 0) is 37.4 Å². The maximum atomic E-state index is 5.55. The molecule has 0 saturated carbocycles. The third-order valence-electron chi connectivity index (χ3n) is 4.25. The van der Waals surface area contributed by atoms with E-state index in [0.29, 0.717) is 12.0 Å². The van der Waals surface area contributed by atoms with E-state index in [0.717, 1.165) is 43.2 Å². The Bertz CT molecular complexity index is 450. The number of rotatable bonds is 4. The van der Waals surface area contributed by atoms with Crippen molar-refractivity contribution in [2.75, 3.05) is 38.8 Å². The fourth-order valence-electron chi connectivity index (χ4n) is 2.92. The van der Waals surface area contributed by atoms with Crippen molar-refractivity contribution in [3.63, 3.8) is 0 Å². The van der Waals surface area contributed by atoms with Crippen molar-refractivity contribution in [2.24, 2.45) is 5.92 Å². The molecule has 0 aromatic heterocycles. The molecular weight excluding hydrogens is 264 g/mol. The third kappa shape index (κ3) is 4.03. The second-order valence-electron chi connectivity index (χ2n) is 5.89. The van der Waals surface area contributed by atoms with E-state index >= 15 is 0 Å². The number of nitrogens with one attached hydrogen (secondary N) is 1. The van der Waals surface area contributed by atoms with Crippen LogP contribution in [-0.4, -0.2) is 39.9 Å². The Morgan fingerprint density at radius 1 is 1.29 bits per heavy atom. The van der Waals surface area contributed by atoms with E-state index in [4.69, 9.17) is 9.47 Å². The molecule has 0 amide bonds. The average molecular weight is 292 g/mol. The lowest BCUT2D eigenvalue weighted by atomic mass is 10.0.